The summed E-state index contributed by atoms with van der Waals surface area (Å²) in [5.74, 6) is -0.197. The molecule has 0 spiro atoms. The van der Waals surface area contributed by atoms with Gasteiger partial charge in [0.05, 0.1) is 32.0 Å². The van der Waals surface area contributed by atoms with Gasteiger partial charge in [0.25, 0.3) is 0 Å². The predicted octanol–water partition coefficient (Wildman–Crippen LogP) is 20.9. The van der Waals surface area contributed by atoms with Gasteiger partial charge >= 0.3 is 0 Å². The molecule has 2 heterocycles. The lowest BCUT2D eigenvalue weighted by atomic mass is 9.97. The highest BCUT2D eigenvalue weighted by atomic mass is 16.7. The fourth-order valence-electron chi connectivity index (χ4n) is 14.7. The standard InChI is InChI=1S/C88H165NO13/c1-3-5-7-9-11-13-15-17-19-21-23-25-27-29-31-33-34-35-36-37-38-39-40-41-42-44-46-48-50-52-54-56-58-60-62-64-66-68-70-72-80(93)89-76(75-99-87-85(98)83(96)86(79(74-91)101-87)102-88-84(97)82(95)81(94)78(73-90)100-88)77(92)71-69-67-65-63-61-59-57-55-53-51-49-47-45-43-32-30-28-26-24-22-20-18-16-14-12-10-8-6-4-2/h5,7,11,13,17,19,23,25,76-79,81-88,90-92,94-98H,3-4,6,8-10,12,14-16,18,20-22,24,26-75H2,1-2H3,(H,89,93)/b7-5-,13-11-,19-17-,25-23-. The number of hydrogen-bond donors (Lipinski definition) is 9. The molecule has 0 aromatic carbocycles. The van der Waals surface area contributed by atoms with E-state index in [1.54, 1.807) is 0 Å². The minimum Gasteiger partial charge on any atom is -0.394 e. The molecule has 0 radical (unpaired) electrons. The highest BCUT2D eigenvalue weighted by Gasteiger charge is 2.51. The van der Waals surface area contributed by atoms with Crippen LogP contribution in [0.5, 0.6) is 0 Å². The van der Waals surface area contributed by atoms with E-state index < -0.39 is 86.8 Å². The number of carbonyl (C=O) groups is 1. The largest absolute Gasteiger partial charge is 0.394 e. The average molecular weight is 1450 g/mol. The molecule has 0 aromatic rings. The molecule has 0 aromatic heterocycles. The lowest BCUT2D eigenvalue weighted by molar-refractivity contribution is -0.359. The van der Waals surface area contributed by atoms with Crippen molar-refractivity contribution in [1.29, 1.82) is 0 Å². The average Bonchev–Trinajstić information content (AvgIpc) is 0.790. The molecule has 2 rings (SSSR count). The topological polar surface area (TPSA) is 228 Å². The molecule has 12 unspecified atom stereocenters. The zero-order chi connectivity index (χ0) is 73.7. The van der Waals surface area contributed by atoms with Crippen molar-refractivity contribution in [3.8, 4) is 0 Å². The van der Waals surface area contributed by atoms with Crippen molar-refractivity contribution in [2.45, 2.75) is 485 Å². The molecule has 0 aliphatic carbocycles. The van der Waals surface area contributed by atoms with E-state index in [2.05, 4.69) is 67.8 Å². The second-order valence-corrected chi connectivity index (χ2v) is 31.0. The monoisotopic (exact) mass is 1440 g/mol. The number of rotatable bonds is 75. The van der Waals surface area contributed by atoms with E-state index in [4.69, 9.17) is 18.9 Å². The summed E-state index contributed by atoms with van der Waals surface area (Å²) in [6, 6.07) is -0.829. The predicted molar refractivity (Wildman–Crippen MR) is 424 cm³/mol. The second-order valence-electron chi connectivity index (χ2n) is 31.0. The van der Waals surface area contributed by atoms with Crippen LogP contribution in [0.4, 0.5) is 0 Å². The number of unbranched alkanes of at least 4 members (excludes halogenated alkanes) is 54. The van der Waals surface area contributed by atoms with Crippen molar-refractivity contribution >= 4 is 5.91 Å². The third-order valence-electron chi connectivity index (χ3n) is 21.6. The number of nitrogens with one attached hydrogen (secondary N) is 1. The van der Waals surface area contributed by atoms with Crippen LogP contribution >= 0.6 is 0 Å². The molecule has 0 bridgehead atoms. The van der Waals surface area contributed by atoms with E-state index in [0.29, 0.717) is 12.8 Å². The van der Waals surface area contributed by atoms with Crippen LogP contribution in [-0.4, -0.2) is 140 Å². The summed E-state index contributed by atoms with van der Waals surface area (Å²) < 4.78 is 23.0. The lowest BCUT2D eigenvalue weighted by Gasteiger charge is -2.46. The maximum absolute atomic E-state index is 13.4. The van der Waals surface area contributed by atoms with Gasteiger partial charge in [-0.15, -0.1) is 0 Å². The Bertz CT molecular complexity index is 1900. The van der Waals surface area contributed by atoms with Gasteiger partial charge in [-0.25, -0.2) is 0 Å². The lowest BCUT2D eigenvalue weighted by Crippen LogP contribution is -2.65. The molecule has 2 fully saturated rings. The van der Waals surface area contributed by atoms with Gasteiger partial charge in [-0.2, -0.15) is 0 Å². The molecule has 9 N–H and O–H groups in total. The van der Waals surface area contributed by atoms with Gasteiger partial charge in [-0.3, -0.25) is 4.79 Å². The first-order chi connectivity index (χ1) is 50.1. The number of aliphatic hydroxyl groups excluding tert-OH is 8. The first-order valence-electron chi connectivity index (χ1n) is 43.9. The molecule has 2 saturated heterocycles. The fraction of sp³-hybridized carbons (Fsp3) is 0.898. The van der Waals surface area contributed by atoms with Gasteiger partial charge in [-0.1, -0.05) is 403 Å². The highest BCUT2D eigenvalue weighted by Crippen LogP contribution is 2.31. The third kappa shape index (κ3) is 53.7. The summed E-state index contributed by atoms with van der Waals surface area (Å²) in [6.45, 7) is 2.82. The Labute approximate surface area is 626 Å². The Balaban J connectivity index is 1.55. The van der Waals surface area contributed by atoms with Crippen LogP contribution < -0.4 is 5.32 Å². The van der Waals surface area contributed by atoms with Crippen molar-refractivity contribution < 1.29 is 64.6 Å². The van der Waals surface area contributed by atoms with Crippen molar-refractivity contribution in [3.63, 3.8) is 0 Å². The van der Waals surface area contributed by atoms with E-state index in [9.17, 15) is 45.6 Å². The second kappa shape index (κ2) is 71.8. The van der Waals surface area contributed by atoms with E-state index in [-0.39, 0.29) is 12.5 Å². The molecule has 14 nitrogen and oxygen atoms in total. The van der Waals surface area contributed by atoms with Gasteiger partial charge in [0.1, 0.15) is 48.8 Å². The molecule has 0 saturated carbocycles. The zero-order valence-corrected chi connectivity index (χ0v) is 66.1. The third-order valence-corrected chi connectivity index (χ3v) is 21.6. The molecule has 12 atom stereocenters. The normalized spacial score (nSPS) is 21.8. The van der Waals surface area contributed by atoms with E-state index >= 15 is 0 Å². The summed E-state index contributed by atoms with van der Waals surface area (Å²) >= 11 is 0. The number of allylic oxidation sites excluding steroid dienone is 8. The first kappa shape index (κ1) is 96.0. The van der Waals surface area contributed by atoms with Gasteiger partial charge in [0.15, 0.2) is 12.6 Å². The molecular weight excluding hydrogens is 1280 g/mol. The van der Waals surface area contributed by atoms with Crippen LogP contribution in [0.15, 0.2) is 48.6 Å². The Morgan fingerprint density at radius 3 is 1.04 bits per heavy atom. The minimum absolute atomic E-state index is 0.197. The molecule has 102 heavy (non-hydrogen) atoms. The summed E-state index contributed by atoms with van der Waals surface area (Å²) in [5.41, 5.74) is 0. The minimum atomic E-state index is -1.78. The SMILES string of the molecule is CC/C=C\C/C=C\C/C=C\C/C=C\CCCCCCCCCCCCCCCCCCCCCCCCCCCCC(=O)NC(COC1OC(CO)C(OC2OC(CO)C(O)C(O)C2O)C(O)C1O)C(O)CCCCCCCCCCCCCCCCCCCCCCCCCCCCCCC. The van der Waals surface area contributed by atoms with Crippen LogP contribution in [0, 0.1) is 0 Å². The number of hydrogen-bond acceptors (Lipinski definition) is 13. The maximum atomic E-state index is 13.4. The van der Waals surface area contributed by atoms with E-state index in [1.165, 1.54) is 308 Å². The summed E-state index contributed by atoms with van der Waals surface area (Å²) in [5, 5.41) is 88.0. The van der Waals surface area contributed by atoms with E-state index in [0.717, 1.165) is 77.0 Å². The number of ether oxygens (including phenoxy) is 4. The Morgan fingerprint density at radius 2 is 0.676 bits per heavy atom. The van der Waals surface area contributed by atoms with E-state index in [1.807, 2.05) is 0 Å². The van der Waals surface area contributed by atoms with Crippen LogP contribution in [-0.2, 0) is 23.7 Å². The maximum Gasteiger partial charge on any atom is 0.220 e. The quantitative estimate of drug-likeness (QED) is 0.0204. The Morgan fingerprint density at radius 1 is 0.363 bits per heavy atom. The highest BCUT2D eigenvalue weighted by molar-refractivity contribution is 5.76. The van der Waals surface area contributed by atoms with Crippen LogP contribution in [0.3, 0.4) is 0 Å². The van der Waals surface area contributed by atoms with Crippen LogP contribution in [0.1, 0.15) is 412 Å². The fourth-order valence-corrected chi connectivity index (χ4v) is 14.7. The van der Waals surface area contributed by atoms with Crippen molar-refractivity contribution in [2.75, 3.05) is 19.8 Å². The molecule has 14 heteroatoms. The van der Waals surface area contributed by atoms with Gasteiger partial charge < -0.3 is 65.1 Å². The Hall–Kier alpha value is -2.05. The number of amides is 1. The van der Waals surface area contributed by atoms with Crippen LogP contribution in [0.25, 0.3) is 0 Å². The summed E-state index contributed by atoms with van der Waals surface area (Å²) in [6.07, 6.45) is 80.4. The van der Waals surface area contributed by atoms with Gasteiger partial charge in [0.2, 0.25) is 5.91 Å². The first-order valence-corrected chi connectivity index (χ1v) is 43.9. The Kier molecular flexibility index (Phi) is 67.6. The van der Waals surface area contributed by atoms with Crippen LogP contribution in [0.2, 0.25) is 0 Å². The van der Waals surface area contributed by atoms with Crippen molar-refractivity contribution in [2.24, 2.45) is 0 Å². The molecule has 1 amide bonds. The van der Waals surface area contributed by atoms with Crippen molar-refractivity contribution in [1.82, 2.24) is 5.32 Å². The van der Waals surface area contributed by atoms with Gasteiger partial charge in [-0.05, 0) is 51.4 Å². The zero-order valence-electron chi connectivity index (χ0n) is 66.1. The van der Waals surface area contributed by atoms with Gasteiger partial charge in [0, 0.05) is 6.42 Å². The molecule has 2 aliphatic heterocycles. The molecular formula is C88H165NO13. The summed E-state index contributed by atoms with van der Waals surface area (Å²) in [4.78, 5) is 13.4. The molecule has 2 aliphatic rings. The molecule has 600 valence electrons. The number of aliphatic hydroxyl groups is 8. The number of carbonyl (C=O) groups excluding carboxylic acids is 1. The van der Waals surface area contributed by atoms with Crippen molar-refractivity contribution in [3.05, 3.63) is 48.6 Å². The smallest absolute Gasteiger partial charge is 0.220 e. The summed E-state index contributed by atoms with van der Waals surface area (Å²) in [7, 11) is 0.